The maximum atomic E-state index is 12.5. The fraction of sp³-hybridized carbons (Fsp3) is 0.250. The lowest BCUT2D eigenvalue weighted by Gasteiger charge is -2.21. The van der Waals surface area contributed by atoms with E-state index in [0.29, 0.717) is 0 Å². The number of hydrogen-bond acceptors (Lipinski definition) is 7. The number of rotatable bonds is 2. The Bertz CT molecular complexity index is 874. The summed E-state index contributed by atoms with van der Waals surface area (Å²) in [6.45, 7) is 0. The molecule has 2 amide bonds. The number of amides is 2. The number of piperidine rings is 1. The summed E-state index contributed by atoms with van der Waals surface area (Å²) < 4.78 is 0.789. The van der Waals surface area contributed by atoms with E-state index in [1.54, 1.807) is 0 Å². The van der Waals surface area contributed by atoms with E-state index < -0.39 is 34.0 Å². The second-order valence-corrected chi connectivity index (χ2v) is 4.73. The van der Waals surface area contributed by atoms with Crippen LogP contribution in [0.2, 0.25) is 0 Å². The number of benzene rings is 1. The van der Waals surface area contributed by atoms with Crippen molar-refractivity contribution < 1.29 is 14.5 Å². The van der Waals surface area contributed by atoms with Crippen molar-refractivity contribution in [1.82, 2.24) is 20.3 Å². The molecule has 112 valence electrons. The van der Waals surface area contributed by atoms with Crippen molar-refractivity contribution in [1.29, 1.82) is 0 Å². The minimum Gasteiger partial charge on any atom is -0.295 e. The van der Waals surface area contributed by atoms with Crippen molar-refractivity contribution in [3.63, 3.8) is 0 Å². The maximum Gasteiger partial charge on any atom is 0.285 e. The molecule has 2 aromatic rings. The molecule has 1 N–H and O–H groups in total. The van der Waals surface area contributed by atoms with Crippen LogP contribution in [0.1, 0.15) is 18.9 Å². The first-order valence-electron chi connectivity index (χ1n) is 6.35. The molecular weight excluding hydrogens is 294 g/mol. The Kier molecular flexibility index (Phi) is 3.13. The van der Waals surface area contributed by atoms with E-state index >= 15 is 0 Å². The number of nitrogens with zero attached hydrogens (tertiary/aromatic N) is 4. The zero-order valence-electron chi connectivity index (χ0n) is 11.1. The lowest BCUT2D eigenvalue weighted by molar-refractivity contribution is -0.383. The van der Waals surface area contributed by atoms with Gasteiger partial charge >= 0.3 is 0 Å². The monoisotopic (exact) mass is 303 g/mol. The van der Waals surface area contributed by atoms with Gasteiger partial charge in [0, 0.05) is 12.5 Å². The van der Waals surface area contributed by atoms with Crippen molar-refractivity contribution in [3.05, 3.63) is 38.7 Å². The first-order chi connectivity index (χ1) is 10.5. The van der Waals surface area contributed by atoms with Gasteiger partial charge in [0.1, 0.15) is 16.9 Å². The molecule has 0 bridgehead atoms. The number of fused-ring (bicyclic) bond motifs is 1. The van der Waals surface area contributed by atoms with Crippen LogP contribution in [0.3, 0.4) is 0 Å². The molecule has 0 spiro atoms. The number of hydrogen-bond donors (Lipinski definition) is 1. The second kappa shape index (κ2) is 4.98. The number of nitro groups is 1. The van der Waals surface area contributed by atoms with E-state index in [2.05, 4.69) is 15.6 Å². The van der Waals surface area contributed by atoms with Crippen LogP contribution in [0.5, 0.6) is 0 Å². The molecule has 10 nitrogen and oxygen atoms in total. The lowest BCUT2D eigenvalue weighted by atomic mass is 10.1. The van der Waals surface area contributed by atoms with Crippen molar-refractivity contribution in [2.24, 2.45) is 0 Å². The predicted molar refractivity (Wildman–Crippen MR) is 71.9 cm³/mol. The average molecular weight is 303 g/mol. The summed E-state index contributed by atoms with van der Waals surface area (Å²) in [7, 11) is 0. The molecule has 2 heterocycles. The van der Waals surface area contributed by atoms with Gasteiger partial charge in [0.2, 0.25) is 5.91 Å². The standard InChI is InChI=1S/C12H9N5O5/c18-9-5-4-8(11(19)13-9)16-12(20)10-6(14-15-16)2-1-3-7(10)17(21)22/h1-3,8H,4-5H2,(H,13,18,19). The summed E-state index contributed by atoms with van der Waals surface area (Å²) >= 11 is 0. The third-order valence-corrected chi connectivity index (χ3v) is 3.39. The molecule has 22 heavy (non-hydrogen) atoms. The summed E-state index contributed by atoms with van der Waals surface area (Å²) in [5.74, 6) is -1.11. The van der Waals surface area contributed by atoms with Crippen LogP contribution in [0.4, 0.5) is 5.69 Å². The largest absolute Gasteiger partial charge is 0.295 e. The molecular formula is C12H9N5O5. The third kappa shape index (κ3) is 2.10. The molecule has 1 fully saturated rings. The quantitative estimate of drug-likeness (QED) is 0.455. The highest BCUT2D eigenvalue weighted by atomic mass is 16.6. The summed E-state index contributed by atoms with van der Waals surface area (Å²) in [6.07, 6.45) is 0.144. The number of imide groups is 1. The number of non-ortho nitro benzene ring substituents is 1. The summed E-state index contributed by atoms with van der Waals surface area (Å²) in [6, 6.07) is 2.98. The van der Waals surface area contributed by atoms with E-state index in [1.165, 1.54) is 18.2 Å². The first-order valence-corrected chi connectivity index (χ1v) is 6.35. The smallest absolute Gasteiger partial charge is 0.285 e. The van der Waals surface area contributed by atoms with E-state index in [-0.39, 0.29) is 23.7 Å². The highest BCUT2D eigenvalue weighted by Gasteiger charge is 2.31. The van der Waals surface area contributed by atoms with Gasteiger partial charge in [-0.15, -0.1) is 5.10 Å². The number of carbonyl (C=O) groups excluding carboxylic acids is 2. The van der Waals surface area contributed by atoms with Gasteiger partial charge in [-0.1, -0.05) is 11.3 Å². The summed E-state index contributed by atoms with van der Waals surface area (Å²) in [5, 5.41) is 20.4. The predicted octanol–water partition coefficient (Wildman–Crippen LogP) is -0.323. The highest BCUT2D eigenvalue weighted by molar-refractivity contribution is 5.99. The van der Waals surface area contributed by atoms with E-state index in [0.717, 1.165) is 4.68 Å². The lowest BCUT2D eigenvalue weighted by Crippen LogP contribution is -2.45. The molecule has 1 aliphatic rings. The Balaban J connectivity index is 2.20. The minimum absolute atomic E-state index is 0.0550. The van der Waals surface area contributed by atoms with Gasteiger partial charge in [0.25, 0.3) is 17.2 Å². The van der Waals surface area contributed by atoms with E-state index in [9.17, 15) is 24.5 Å². The van der Waals surface area contributed by atoms with Crippen LogP contribution >= 0.6 is 0 Å². The van der Waals surface area contributed by atoms with Crippen LogP contribution in [-0.2, 0) is 9.59 Å². The van der Waals surface area contributed by atoms with Gasteiger partial charge in [-0.05, 0) is 12.5 Å². The highest BCUT2D eigenvalue weighted by Crippen LogP contribution is 2.21. The molecule has 0 radical (unpaired) electrons. The molecule has 0 saturated carbocycles. The van der Waals surface area contributed by atoms with Gasteiger partial charge in [-0.25, -0.2) is 0 Å². The number of aromatic nitrogens is 3. The first kappa shape index (κ1) is 13.8. The second-order valence-electron chi connectivity index (χ2n) is 4.73. The van der Waals surface area contributed by atoms with E-state index in [1.807, 2.05) is 0 Å². The summed E-state index contributed by atoms with van der Waals surface area (Å²) in [5.41, 5.74) is -1.12. The fourth-order valence-corrected chi connectivity index (χ4v) is 2.35. The van der Waals surface area contributed by atoms with Gasteiger partial charge in [0.15, 0.2) is 0 Å². The van der Waals surface area contributed by atoms with Crippen molar-refractivity contribution in [2.75, 3.05) is 0 Å². The van der Waals surface area contributed by atoms with Crippen LogP contribution in [0, 0.1) is 10.1 Å². The molecule has 1 unspecified atom stereocenters. The molecule has 1 aromatic heterocycles. The molecule has 1 atom stereocenters. The van der Waals surface area contributed by atoms with Gasteiger partial charge in [0.05, 0.1) is 4.92 Å². The minimum atomic E-state index is -1.01. The van der Waals surface area contributed by atoms with Crippen molar-refractivity contribution >= 4 is 28.4 Å². The summed E-state index contributed by atoms with van der Waals surface area (Å²) in [4.78, 5) is 45.8. The van der Waals surface area contributed by atoms with Gasteiger partial charge in [-0.3, -0.25) is 29.8 Å². The Hall–Kier alpha value is -3.17. The Morgan fingerprint density at radius 3 is 2.77 bits per heavy atom. The van der Waals surface area contributed by atoms with Crippen LogP contribution in [0.15, 0.2) is 23.0 Å². The van der Waals surface area contributed by atoms with Crippen LogP contribution in [-0.4, -0.2) is 31.7 Å². The Morgan fingerprint density at radius 2 is 2.09 bits per heavy atom. The average Bonchev–Trinajstić information content (AvgIpc) is 2.48. The maximum absolute atomic E-state index is 12.5. The Morgan fingerprint density at radius 1 is 1.32 bits per heavy atom. The Labute approximate surface area is 121 Å². The zero-order valence-corrected chi connectivity index (χ0v) is 11.1. The third-order valence-electron chi connectivity index (χ3n) is 3.39. The molecule has 0 aliphatic carbocycles. The van der Waals surface area contributed by atoms with Crippen molar-refractivity contribution in [3.8, 4) is 0 Å². The van der Waals surface area contributed by atoms with Crippen LogP contribution < -0.4 is 10.9 Å². The van der Waals surface area contributed by atoms with Gasteiger partial charge < -0.3 is 0 Å². The molecule has 1 saturated heterocycles. The van der Waals surface area contributed by atoms with E-state index in [4.69, 9.17) is 0 Å². The normalized spacial score (nSPS) is 18.3. The molecule has 3 rings (SSSR count). The van der Waals surface area contributed by atoms with Crippen LogP contribution in [0.25, 0.3) is 10.9 Å². The molecule has 1 aliphatic heterocycles. The number of nitro benzene ring substituents is 1. The van der Waals surface area contributed by atoms with Crippen molar-refractivity contribution in [2.45, 2.75) is 18.9 Å². The fourth-order valence-electron chi connectivity index (χ4n) is 2.35. The topological polar surface area (TPSA) is 137 Å². The van der Waals surface area contributed by atoms with Gasteiger partial charge in [-0.2, -0.15) is 4.68 Å². The number of carbonyl (C=O) groups is 2. The molecule has 1 aromatic carbocycles. The SMILES string of the molecule is O=C1CCC(n2nnc3cccc([N+](=O)[O-])c3c2=O)C(=O)N1. The molecule has 10 heteroatoms. The number of nitrogens with one attached hydrogen (secondary N) is 1. The zero-order chi connectivity index (χ0) is 15.9.